The summed E-state index contributed by atoms with van der Waals surface area (Å²) in [5.41, 5.74) is 0. The zero-order valence-electron chi connectivity index (χ0n) is 11.8. The summed E-state index contributed by atoms with van der Waals surface area (Å²) in [5, 5.41) is 2.76. The summed E-state index contributed by atoms with van der Waals surface area (Å²) in [4.78, 5) is 13.6. The lowest BCUT2D eigenvalue weighted by molar-refractivity contribution is 0.0521. The second-order valence-corrected chi connectivity index (χ2v) is 4.84. The molecule has 1 heterocycles. The third kappa shape index (κ3) is 4.56. The van der Waals surface area contributed by atoms with Gasteiger partial charge in [0.25, 0.3) is 0 Å². The molecule has 1 saturated heterocycles. The van der Waals surface area contributed by atoms with Crippen molar-refractivity contribution in [3.63, 3.8) is 0 Å². The molecule has 1 aliphatic rings. The Morgan fingerprint density at radius 1 is 1.43 bits per heavy atom. The Balaban J connectivity index is 1.78. The van der Waals surface area contributed by atoms with Gasteiger partial charge in [-0.15, -0.1) is 0 Å². The Hall–Kier alpha value is -1.89. The van der Waals surface area contributed by atoms with Crippen LogP contribution in [0.1, 0.15) is 6.92 Å². The van der Waals surface area contributed by atoms with Gasteiger partial charge in [0.15, 0.2) is 11.6 Å². The maximum absolute atomic E-state index is 13.4. The lowest BCUT2D eigenvalue weighted by Gasteiger charge is -2.28. The molecule has 1 aromatic rings. The highest BCUT2D eigenvalue weighted by Crippen LogP contribution is 2.17. The van der Waals surface area contributed by atoms with E-state index in [1.54, 1.807) is 11.8 Å². The smallest absolute Gasteiger partial charge is 0.317 e. The van der Waals surface area contributed by atoms with Gasteiger partial charge in [-0.1, -0.05) is 0 Å². The molecule has 1 aliphatic heterocycles. The minimum Gasteiger partial charge on any atom is -0.488 e. The zero-order valence-corrected chi connectivity index (χ0v) is 11.8. The number of morpholine rings is 1. The second kappa shape index (κ2) is 7.21. The van der Waals surface area contributed by atoms with Gasteiger partial charge < -0.3 is 19.7 Å². The van der Waals surface area contributed by atoms with Crippen molar-refractivity contribution in [1.82, 2.24) is 10.2 Å². The van der Waals surface area contributed by atoms with E-state index in [0.717, 1.165) is 12.1 Å². The fourth-order valence-corrected chi connectivity index (χ4v) is 1.92. The SMILES string of the molecule is CC(COc1ccc(F)cc1F)NC(=O)N1CCOCC1. The molecule has 21 heavy (non-hydrogen) atoms. The Bertz CT molecular complexity index is 493. The van der Waals surface area contributed by atoms with Crippen molar-refractivity contribution in [2.75, 3.05) is 32.9 Å². The highest BCUT2D eigenvalue weighted by molar-refractivity contribution is 5.74. The highest BCUT2D eigenvalue weighted by atomic mass is 19.1. The monoisotopic (exact) mass is 300 g/mol. The fourth-order valence-electron chi connectivity index (χ4n) is 1.92. The average Bonchev–Trinajstić information content (AvgIpc) is 2.47. The standard InChI is InChI=1S/C14H18F2N2O3/c1-10(17-14(19)18-4-6-20-7-5-18)9-21-13-3-2-11(15)8-12(13)16/h2-3,8,10H,4-7,9H2,1H3,(H,17,19). The van der Waals surface area contributed by atoms with Crippen molar-refractivity contribution in [3.8, 4) is 5.75 Å². The van der Waals surface area contributed by atoms with Gasteiger partial charge in [-0.3, -0.25) is 0 Å². The molecule has 5 nitrogen and oxygen atoms in total. The molecule has 7 heteroatoms. The van der Waals surface area contributed by atoms with Gasteiger partial charge in [0.2, 0.25) is 0 Å². The van der Waals surface area contributed by atoms with Crippen molar-refractivity contribution in [2.45, 2.75) is 13.0 Å². The summed E-state index contributed by atoms with van der Waals surface area (Å²) in [6.07, 6.45) is 0. The summed E-state index contributed by atoms with van der Waals surface area (Å²) in [7, 11) is 0. The van der Waals surface area contributed by atoms with Crippen LogP contribution in [-0.2, 0) is 4.74 Å². The first-order valence-electron chi connectivity index (χ1n) is 6.77. The Morgan fingerprint density at radius 3 is 2.81 bits per heavy atom. The van der Waals surface area contributed by atoms with E-state index in [4.69, 9.17) is 9.47 Å². The van der Waals surface area contributed by atoms with Crippen LogP contribution in [0.3, 0.4) is 0 Å². The van der Waals surface area contributed by atoms with Crippen molar-refractivity contribution in [2.24, 2.45) is 0 Å². The molecule has 0 radical (unpaired) electrons. The van der Waals surface area contributed by atoms with Crippen LogP contribution < -0.4 is 10.1 Å². The molecule has 0 aliphatic carbocycles. The van der Waals surface area contributed by atoms with Crippen LogP contribution in [0.15, 0.2) is 18.2 Å². The van der Waals surface area contributed by atoms with Crippen molar-refractivity contribution in [3.05, 3.63) is 29.8 Å². The van der Waals surface area contributed by atoms with E-state index in [-0.39, 0.29) is 24.4 Å². The topological polar surface area (TPSA) is 50.8 Å². The molecule has 1 N–H and O–H groups in total. The molecule has 0 saturated carbocycles. The number of ether oxygens (including phenoxy) is 2. The maximum Gasteiger partial charge on any atom is 0.317 e. The number of amides is 2. The summed E-state index contributed by atoms with van der Waals surface area (Å²) in [6, 6.07) is 2.60. The molecule has 1 fully saturated rings. The van der Waals surface area contributed by atoms with E-state index in [1.165, 1.54) is 6.07 Å². The number of rotatable bonds is 4. The van der Waals surface area contributed by atoms with Gasteiger partial charge in [-0.25, -0.2) is 13.6 Å². The van der Waals surface area contributed by atoms with Crippen LogP contribution in [0.4, 0.5) is 13.6 Å². The molecule has 1 atom stereocenters. The molecule has 0 aromatic heterocycles. The van der Waals surface area contributed by atoms with Crippen molar-refractivity contribution < 1.29 is 23.0 Å². The van der Waals surface area contributed by atoms with E-state index < -0.39 is 11.6 Å². The second-order valence-electron chi connectivity index (χ2n) is 4.84. The normalized spacial score (nSPS) is 16.4. The van der Waals surface area contributed by atoms with E-state index >= 15 is 0 Å². The van der Waals surface area contributed by atoms with E-state index in [0.29, 0.717) is 26.3 Å². The largest absolute Gasteiger partial charge is 0.488 e. The number of nitrogens with zero attached hydrogens (tertiary/aromatic N) is 1. The lowest BCUT2D eigenvalue weighted by Crippen LogP contribution is -2.49. The number of benzene rings is 1. The quantitative estimate of drug-likeness (QED) is 0.922. The van der Waals surface area contributed by atoms with Gasteiger partial charge in [-0.05, 0) is 19.1 Å². The fraction of sp³-hybridized carbons (Fsp3) is 0.500. The Labute approximate surface area is 121 Å². The summed E-state index contributed by atoms with van der Waals surface area (Å²) in [5.74, 6) is -1.46. The van der Waals surface area contributed by atoms with E-state index in [2.05, 4.69) is 5.32 Å². The molecule has 2 amide bonds. The van der Waals surface area contributed by atoms with Crippen LogP contribution in [-0.4, -0.2) is 49.9 Å². The predicted octanol–water partition coefficient (Wildman–Crippen LogP) is 1.77. The van der Waals surface area contributed by atoms with Crippen LogP contribution in [0.5, 0.6) is 5.75 Å². The maximum atomic E-state index is 13.4. The molecule has 0 spiro atoms. The summed E-state index contributed by atoms with van der Waals surface area (Å²) >= 11 is 0. The lowest BCUT2D eigenvalue weighted by atomic mass is 10.3. The summed E-state index contributed by atoms with van der Waals surface area (Å²) < 4.78 is 36.5. The number of halogens is 2. The number of hydrogen-bond donors (Lipinski definition) is 1. The van der Waals surface area contributed by atoms with Gasteiger partial charge >= 0.3 is 6.03 Å². The third-order valence-electron chi connectivity index (χ3n) is 3.05. The predicted molar refractivity (Wildman–Crippen MR) is 72.2 cm³/mol. The van der Waals surface area contributed by atoms with Gasteiger partial charge in [0.05, 0.1) is 19.3 Å². The zero-order chi connectivity index (χ0) is 15.2. The number of hydrogen-bond acceptors (Lipinski definition) is 3. The molecule has 116 valence electrons. The number of carbonyl (C=O) groups excluding carboxylic acids is 1. The van der Waals surface area contributed by atoms with E-state index in [9.17, 15) is 13.6 Å². The highest BCUT2D eigenvalue weighted by Gasteiger charge is 2.18. The number of nitrogens with one attached hydrogen (secondary N) is 1. The first kappa shape index (κ1) is 15.5. The Morgan fingerprint density at radius 2 is 2.14 bits per heavy atom. The molecular formula is C14H18F2N2O3. The van der Waals surface area contributed by atoms with Crippen LogP contribution in [0, 0.1) is 11.6 Å². The number of carbonyl (C=O) groups is 1. The van der Waals surface area contributed by atoms with Crippen LogP contribution in [0.2, 0.25) is 0 Å². The van der Waals surface area contributed by atoms with Gasteiger partial charge in [-0.2, -0.15) is 0 Å². The van der Waals surface area contributed by atoms with Gasteiger partial charge in [0, 0.05) is 19.2 Å². The average molecular weight is 300 g/mol. The molecule has 1 aromatic carbocycles. The van der Waals surface area contributed by atoms with Crippen molar-refractivity contribution >= 4 is 6.03 Å². The third-order valence-corrected chi connectivity index (χ3v) is 3.05. The molecule has 2 rings (SSSR count). The molecule has 1 unspecified atom stereocenters. The Kier molecular flexibility index (Phi) is 5.32. The van der Waals surface area contributed by atoms with Gasteiger partial charge in [0.1, 0.15) is 12.4 Å². The van der Waals surface area contributed by atoms with Crippen LogP contribution >= 0.6 is 0 Å². The van der Waals surface area contributed by atoms with E-state index in [1.807, 2.05) is 0 Å². The minimum absolute atomic E-state index is 0.0381. The first-order chi connectivity index (χ1) is 10.1. The molecule has 0 bridgehead atoms. The van der Waals surface area contributed by atoms with Crippen molar-refractivity contribution in [1.29, 1.82) is 0 Å². The first-order valence-corrected chi connectivity index (χ1v) is 6.77. The summed E-state index contributed by atoms with van der Waals surface area (Å²) in [6.45, 7) is 3.99. The molecular weight excluding hydrogens is 282 g/mol. The number of urea groups is 1. The minimum atomic E-state index is -0.762. The van der Waals surface area contributed by atoms with Crippen LogP contribution in [0.25, 0.3) is 0 Å².